The molecule has 2 unspecified atom stereocenters. The van der Waals surface area contributed by atoms with Gasteiger partial charge in [-0.2, -0.15) is 0 Å². The van der Waals surface area contributed by atoms with Gasteiger partial charge in [0.2, 0.25) is 0 Å². The average Bonchev–Trinajstić information content (AvgIpc) is 2.61. The maximum absolute atomic E-state index is 5.81. The largest absolute Gasteiger partial charge is 0.377 e. The molecule has 0 amide bonds. The highest BCUT2D eigenvalue weighted by atomic mass is 16.6. The van der Waals surface area contributed by atoms with Crippen molar-refractivity contribution in [2.75, 3.05) is 52.9 Å². The van der Waals surface area contributed by atoms with Gasteiger partial charge in [-0.15, -0.1) is 0 Å². The molecule has 2 atom stereocenters. The van der Waals surface area contributed by atoms with E-state index in [9.17, 15) is 0 Å². The molecular weight excluding hydrogens is 376 g/mol. The Hall–Kier alpha value is -0.280. The summed E-state index contributed by atoms with van der Waals surface area (Å²) < 4.78 is 39.8. The van der Waals surface area contributed by atoms with Crippen molar-refractivity contribution in [1.29, 1.82) is 0 Å². The Bertz CT molecular complexity index is 316. The normalized spacial score (nSPS) is 14.5. The van der Waals surface area contributed by atoms with Crippen LogP contribution in [0.2, 0.25) is 0 Å². The Morgan fingerprint density at radius 1 is 0.414 bits per heavy atom. The van der Waals surface area contributed by atoms with E-state index in [1.807, 2.05) is 55.4 Å². The van der Waals surface area contributed by atoms with Crippen LogP contribution < -0.4 is 0 Å². The third-order valence-electron chi connectivity index (χ3n) is 3.51. The van der Waals surface area contributed by atoms with Crippen molar-refractivity contribution in [2.24, 2.45) is 0 Å². The minimum atomic E-state index is -0.0633. The van der Waals surface area contributed by atoms with E-state index in [1.165, 1.54) is 0 Å². The van der Waals surface area contributed by atoms with Gasteiger partial charge in [0.05, 0.1) is 77.3 Å². The van der Waals surface area contributed by atoms with Gasteiger partial charge in [0.25, 0.3) is 0 Å². The molecule has 0 saturated heterocycles. The van der Waals surface area contributed by atoms with Crippen molar-refractivity contribution in [3.05, 3.63) is 0 Å². The van der Waals surface area contributed by atoms with Gasteiger partial charge in [-0.1, -0.05) is 0 Å². The highest BCUT2D eigenvalue weighted by Crippen LogP contribution is 2.03. The second-order valence-corrected chi connectivity index (χ2v) is 8.14. The fourth-order valence-electron chi connectivity index (χ4n) is 2.39. The lowest BCUT2D eigenvalue weighted by Gasteiger charge is -2.22. The van der Waals surface area contributed by atoms with E-state index < -0.39 is 0 Å². The molecule has 0 N–H and O–H groups in total. The standard InChI is InChI=1S/C22H46O7/c1-17(2)26-15-21(28-19(5)6)13-24-11-9-23-10-12-25-14-22(29-20(7)8)16-27-18(3)4/h17-22H,9-16H2,1-8H3. The topological polar surface area (TPSA) is 64.6 Å². The summed E-state index contributed by atoms with van der Waals surface area (Å²) in [6, 6.07) is 0. The van der Waals surface area contributed by atoms with E-state index in [4.69, 9.17) is 33.2 Å². The monoisotopic (exact) mass is 422 g/mol. The summed E-state index contributed by atoms with van der Waals surface area (Å²) in [5.74, 6) is 0. The Labute approximate surface area is 178 Å². The molecule has 7 heteroatoms. The predicted octanol–water partition coefficient (Wildman–Crippen LogP) is 3.47. The zero-order valence-corrected chi connectivity index (χ0v) is 20.0. The van der Waals surface area contributed by atoms with Crippen molar-refractivity contribution < 1.29 is 33.2 Å². The first-order valence-corrected chi connectivity index (χ1v) is 11.0. The van der Waals surface area contributed by atoms with Crippen molar-refractivity contribution in [2.45, 2.75) is 92.0 Å². The molecule has 0 bridgehead atoms. The predicted molar refractivity (Wildman–Crippen MR) is 115 cm³/mol. The summed E-state index contributed by atoms with van der Waals surface area (Å²) in [4.78, 5) is 0. The van der Waals surface area contributed by atoms with Gasteiger partial charge in [0.15, 0.2) is 0 Å². The lowest BCUT2D eigenvalue weighted by molar-refractivity contribution is -0.101. The summed E-state index contributed by atoms with van der Waals surface area (Å²) in [6.07, 6.45) is 0.515. The highest BCUT2D eigenvalue weighted by Gasteiger charge is 2.14. The van der Waals surface area contributed by atoms with Crippen LogP contribution in [-0.2, 0) is 33.2 Å². The Morgan fingerprint density at radius 2 is 0.759 bits per heavy atom. The van der Waals surface area contributed by atoms with Gasteiger partial charge in [-0.25, -0.2) is 0 Å². The second-order valence-electron chi connectivity index (χ2n) is 8.14. The van der Waals surface area contributed by atoms with Crippen LogP contribution in [0.4, 0.5) is 0 Å². The molecule has 0 aromatic heterocycles. The van der Waals surface area contributed by atoms with Crippen LogP contribution in [0.1, 0.15) is 55.4 Å². The molecule has 0 aliphatic carbocycles. The highest BCUT2D eigenvalue weighted by molar-refractivity contribution is 4.59. The maximum atomic E-state index is 5.81. The molecular formula is C22H46O7. The van der Waals surface area contributed by atoms with Crippen LogP contribution >= 0.6 is 0 Å². The Kier molecular flexibility index (Phi) is 18.3. The van der Waals surface area contributed by atoms with Crippen LogP contribution in [0, 0.1) is 0 Å². The smallest absolute Gasteiger partial charge is 0.104 e. The van der Waals surface area contributed by atoms with Gasteiger partial charge < -0.3 is 33.2 Å². The Morgan fingerprint density at radius 3 is 1.07 bits per heavy atom. The fourth-order valence-corrected chi connectivity index (χ4v) is 2.39. The molecule has 0 saturated carbocycles. The van der Waals surface area contributed by atoms with Gasteiger partial charge >= 0.3 is 0 Å². The van der Waals surface area contributed by atoms with Crippen molar-refractivity contribution in [3.8, 4) is 0 Å². The molecule has 0 aromatic carbocycles. The molecule has 0 radical (unpaired) electrons. The van der Waals surface area contributed by atoms with E-state index in [2.05, 4.69) is 0 Å². The lowest BCUT2D eigenvalue weighted by atomic mass is 10.3. The van der Waals surface area contributed by atoms with E-state index in [-0.39, 0.29) is 36.6 Å². The van der Waals surface area contributed by atoms with Crippen LogP contribution in [-0.4, -0.2) is 89.5 Å². The molecule has 0 aliphatic heterocycles. The summed E-state index contributed by atoms with van der Waals surface area (Å²) >= 11 is 0. The van der Waals surface area contributed by atoms with Crippen molar-refractivity contribution in [1.82, 2.24) is 0 Å². The van der Waals surface area contributed by atoms with Crippen LogP contribution in [0.3, 0.4) is 0 Å². The van der Waals surface area contributed by atoms with Crippen LogP contribution in [0.25, 0.3) is 0 Å². The molecule has 7 nitrogen and oxygen atoms in total. The summed E-state index contributed by atoms with van der Waals surface area (Å²) in [6.45, 7) is 20.2. The zero-order chi connectivity index (χ0) is 22.1. The average molecular weight is 423 g/mol. The van der Waals surface area contributed by atoms with Crippen molar-refractivity contribution >= 4 is 0 Å². The zero-order valence-electron chi connectivity index (χ0n) is 20.0. The van der Waals surface area contributed by atoms with Crippen LogP contribution in [0.15, 0.2) is 0 Å². The van der Waals surface area contributed by atoms with Gasteiger partial charge in [-0.3, -0.25) is 0 Å². The van der Waals surface area contributed by atoms with Gasteiger partial charge in [0.1, 0.15) is 12.2 Å². The van der Waals surface area contributed by atoms with E-state index in [0.29, 0.717) is 52.9 Å². The fraction of sp³-hybridized carbons (Fsp3) is 1.00. The van der Waals surface area contributed by atoms with Crippen molar-refractivity contribution in [3.63, 3.8) is 0 Å². The first-order valence-electron chi connectivity index (χ1n) is 11.0. The Balaban J connectivity index is 3.77. The number of ether oxygens (including phenoxy) is 7. The number of hydrogen-bond acceptors (Lipinski definition) is 7. The first-order chi connectivity index (χ1) is 13.7. The van der Waals surface area contributed by atoms with Gasteiger partial charge in [0, 0.05) is 0 Å². The second kappa shape index (κ2) is 18.5. The lowest BCUT2D eigenvalue weighted by Crippen LogP contribution is -2.30. The van der Waals surface area contributed by atoms with Crippen LogP contribution in [0.5, 0.6) is 0 Å². The SMILES string of the molecule is CC(C)OCC(COCCOCCOCC(COC(C)C)OC(C)C)OC(C)C. The molecule has 0 spiro atoms. The number of rotatable bonds is 20. The summed E-state index contributed by atoms with van der Waals surface area (Å²) in [7, 11) is 0. The number of hydrogen-bond donors (Lipinski definition) is 0. The van der Waals surface area contributed by atoms with Gasteiger partial charge in [-0.05, 0) is 55.4 Å². The molecule has 0 fully saturated rings. The molecule has 0 aliphatic rings. The first kappa shape index (κ1) is 28.7. The summed E-state index contributed by atoms with van der Waals surface area (Å²) in [5.41, 5.74) is 0. The minimum absolute atomic E-state index is 0.0633. The molecule has 0 heterocycles. The van der Waals surface area contributed by atoms with E-state index in [0.717, 1.165) is 0 Å². The van der Waals surface area contributed by atoms with E-state index >= 15 is 0 Å². The molecule has 176 valence electrons. The molecule has 29 heavy (non-hydrogen) atoms. The molecule has 0 rings (SSSR count). The summed E-state index contributed by atoms with van der Waals surface area (Å²) in [5, 5.41) is 0. The maximum Gasteiger partial charge on any atom is 0.104 e. The van der Waals surface area contributed by atoms with E-state index in [1.54, 1.807) is 0 Å². The third-order valence-corrected chi connectivity index (χ3v) is 3.51. The third kappa shape index (κ3) is 20.8. The molecule has 0 aromatic rings. The quantitative estimate of drug-likeness (QED) is 0.278. The minimum Gasteiger partial charge on any atom is -0.377 e.